The summed E-state index contributed by atoms with van der Waals surface area (Å²) in [4.78, 5) is 2.34. The molecule has 3 nitrogen and oxygen atoms in total. The van der Waals surface area contributed by atoms with Crippen molar-refractivity contribution in [3.63, 3.8) is 0 Å². The van der Waals surface area contributed by atoms with Gasteiger partial charge in [-0.15, -0.1) is 0 Å². The van der Waals surface area contributed by atoms with Crippen LogP contribution in [0, 0.1) is 0 Å². The van der Waals surface area contributed by atoms with Crippen LogP contribution in [0.3, 0.4) is 0 Å². The van der Waals surface area contributed by atoms with Crippen molar-refractivity contribution in [2.75, 3.05) is 4.90 Å². The molecule has 0 fully saturated rings. The molecule has 0 amide bonds. The molecule has 0 aliphatic carbocycles. The Bertz CT molecular complexity index is 2430. The summed E-state index contributed by atoms with van der Waals surface area (Å²) < 4.78 is 4.92. The number of anilines is 3. The lowest BCUT2D eigenvalue weighted by atomic mass is 10.1. The molecule has 0 saturated carbocycles. The van der Waals surface area contributed by atoms with Gasteiger partial charge < -0.3 is 14.0 Å². The fourth-order valence-corrected chi connectivity index (χ4v) is 6.97. The molecule has 0 aliphatic heterocycles. The zero-order valence-corrected chi connectivity index (χ0v) is 24.6. The van der Waals surface area contributed by atoms with Crippen LogP contribution in [0.25, 0.3) is 55.0 Å². The lowest BCUT2D eigenvalue weighted by Gasteiger charge is -2.25. The largest absolute Gasteiger partial charge is 0.310 e. The normalized spacial score (nSPS) is 11.6. The Labute approximate surface area is 261 Å². The van der Waals surface area contributed by atoms with Crippen LogP contribution >= 0.6 is 0 Å². The second-order valence-electron chi connectivity index (χ2n) is 11.4. The highest BCUT2D eigenvalue weighted by molar-refractivity contribution is 6.21. The maximum absolute atomic E-state index is 2.48. The Morgan fingerprint density at radius 2 is 0.911 bits per heavy atom. The second-order valence-corrected chi connectivity index (χ2v) is 11.4. The van der Waals surface area contributed by atoms with Crippen molar-refractivity contribution >= 4 is 60.7 Å². The SMILES string of the molecule is c1ccc(N(c2ccccc2)c2ccc3c(c2)c2c(c4ccccc4n2-c2ccccc2)n3-c2cccc3ccccc23)cc1. The molecule has 2 aromatic heterocycles. The van der Waals surface area contributed by atoms with Gasteiger partial charge in [0.25, 0.3) is 0 Å². The van der Waals surface area contributed by atoms with E-state index < -0.39 is 0 Å². The van der Waals surface area contributed by atoms with Crippen LogP contribution in [-0.2, 0) is 0 Å². The number of nitrogens with zero attached hydrogens (tertiary/aromatic N) is 3. The summed E-state index contributed by atoms with van der Waals surface area (Å²) in [6, 6.07) is 63.0. The van der Waals surface area contributed by atoms with E-state index in [4.69, 9.17) is 0 Å². The maximum atomic E-state index is 2.48. The standard InChI is InChI=1S/C42H29N3/c1-4-17-31(18-5-1)43(32-19-6-2-7-20-32)34-27-28-40-37(29-34)42-41(45(40)38-26-14-16-30-15-10-11-23-35(30)38)36-24-12-13-25-39(36)44(42)33-21-8-3-9-22-33/h1-29H. The van der Waals surface area contributed by atoms with E-state index in [2.05, 4.69) is 190 Å². The van der Waals surface area contributed by atoms with Crippen LogP contribution in [0.5, 0.6) is 0 Å². The summed E-state index contributed by atoms with van der Waals surface area (Å²) in [6.07, 6.45) is 0. The fourth-order valence-electron chi connectivity index (χ4n) is 6.97. The molecule has 45 heavy (non-hydrogen) atoms. The Kier molecular flexibility index (Phi) is 5.82. The highest BCUT2D eigenvalue weighted by atomic mass is 15.1. The van der Waals surface area contributed by atoms with Crippen LogP contribution in [0.2, 0.25) is 0 Å². The Balaban J connectivity index is 1.45. The molecule has 3 heteroatoms. The topological polar surface area (TPSA) is 13.1 Å². The molecule has 0 N–H and O–H groups in total. The van der Waals surface area contributed by atoms with Gasteiger partial charge >= 0.3 is 0 Å². The first-order chi connectivity index (χ1) is 22.4. The molecular formula is C42H29N3. The van der Waals surface area contributed by atoms with Crippen molar-refractivity contribution in [2.45, 2.75) is 0 Å². The van der Waals surface area contributed by atoms with Crippen LogP contribution in [0.4, 0.5) is 17.1 Å². The van der Waals surface area contributed by atoms with Crippen LogP contribution in [0.15, 0.2) is 176 Å². The van der Waals surface area contributed by atoms with Crippen LogP contribution in [-0.4, -0.2) is 9.13 Å². The molecule has 0 spiro atoms. The molecular weight excluding hydrogens is 546 g/mol. The number of fused-ring (bicyclic) bond motifs is 6. The first-order valence-corrected chi connectivity index (χ1v) is 15.4. The summed E-state index contributed by atoms with van der Waals surface area (Å²) in [5.41, 5.74) is 10.5. The van der Waals surface area contributed by atoms with Gasteiger partial charge in [0.1, 0.15) is 0 Å². The zero-order valence-electron chi connectivity index (χ0n) is 24.6. The molecule has 9 rings (SSSR count). The first kappa shape index (κ1) is 25.4. The van der Waals surface area contributed by atoms with E-state index in [1.807, 2.05) is 0 Å². The van der Waals surface area contributed by atoms with E-state index in [1.54, 1.807) is 0 Å². The van der Waals surface area contributed by atoms with Gasteiger partial charge in [0, 0.05) is 38.9 Å². The smallest absolute Gasteiger partial charge is 0.0804 e. The molecule has 7 aromatic carbocycles. The Hall–Kier alpha value is -6.06. The van der Waals surface area contributed by atoms with Gasteiger partial charge in [-0.25, -0.2) is 0 Å². The predicted molar refractivity (Wildman–Crippen MR) is 190 cm³/mol. The Morgan fingerprint density at radius 1 is 0.356 bits per heavy atom. The van der Waals surface area contributed by atoms with E-state index in [1.165, 1.54) is 49.3 Å². The molecule has 0 saturated heterocycles. The summed E-state index contributed by atoms with van der Waals surface area (Å²) in [5.74, 6) is 0. The Morgan fingerprint density at radius 3 is 1.64 bits per heavy atom. The van der Waals surface area contributed by atoms with Gasteiger partial charge in [0.15, 0.2) is 0 Å². The van der Waals surface area contributed by atoms with Gasteiger partial charge in [-0.1, -0.05) is 109 Å². The summed E-state index contributed by atoms with van der Waals surface area (Å²) >= 11 is 0. The minimum absolute atomic E-state index is 1.11. The number of para-hydroxylation sites is 4. The van der Waals surface area contributed by atoms with Crippen LogP contribution in [0.1, 0.15) is 0 Å². The predicted octanol–water partition coefficient (Wildman–Crippen LogP) is 11.4. The minimum Gasteiger partial charge on any atom is -0.310 e. The van der Waals surface area contributed by atoms with Crippen molar-refractivity contribution in [3.8, 4) is 11.4 Å². The van der Waals surface area contributed by atoms with E-state index >= 15 is 0 Å². The third-order valence-electron chi connectivity index (χ3n) is 8.86. The van der Waals surface area contributed by atoms with Crippen molar-refractivity contribution in [1.29, 1.82) is 0 Å². The molecule has 0 atom stereocenters. The average molecular weight is 576 g/mol. The molecule has 0 unspecified atom stereocenters. The number of aromatic nitrogens is 2. The van der Waals surface area contributed by atoms with Crippen molar-refractivity contribution in [1.82, 2.24) is 9.13 Å². The van der Waals surface area contributed by atoms with E-state index in [-0.39, 0.29) is 0 Å². The lowest BCUT2D eigenvalue weighted by Crippen LogP contribution is -2.09. The summed E-state index contributed by atoms with van der Waals surface area (Å²) in [7, 11) is 0. The third-order valence-corrected chi connectivity index (χ3v) is 8.86. The molecule has 0 aliphatic rings. The van der Waals surface area contributed by atoms with Gasteiger partial charge in [-0.3, -0.25) is 0 Å². The van der Waals surface area contributed by atoms with Gasteiger partial charge in [0.05, 0.1) is 27.8 Å². The van der Waals surface area contributed by atoms with E-state index in [9.17, 15) is 0 Å². The van der Waals surface area contributed by atoms with Gasteiger partial charge in [-0.2, -0.15) is 0 Å². The average Bonchev–Trinajstić information content (AvgIpc) is 3.62. The third kappa shape index (κ3) is 3.98. The monoisotopic (exact) mass is 575 g/mol. The first-order valence-electron chi connectivity index (χ1n) is 15.4. The molecule has 2 heterocycles. The van der Waals surface area contributed by atoms with Gasteiger partial charge in [0.2, 0.25) is 0 Å². The number of hydrogen-bond acceptors (Lipinski definition) is 1. The number of benzene rings is 7. The number of hydrogen-bond donors (Lipinski definition) is 0. The van der Waals surface area contributed by atoms with Crippen molar-refractivity contribution in [3.05, 3.63) is 176 Å². The van der Waals surface area contributed by atoms with E-state index in [0.717, 1.165) is 22.7 Å². The number of rotatable bonds is 5. The highest BCUT2D eigenvalue weighted by Gasteiger charge is 2.24. The lowest BCUT2D eigenvalue weighted by molar-refractivity contribution is 1.18. The summed E-state index contributed by atoms with van der Waals surface area (Å²) in [5, 5.41) is 4.89. The quantitative estimate of drug-likeness (QED) is 0.199. The second kappa shape index (κ2) is 10.3. The van der Waals surface area contributed by atoms with Crippen molar-refractivity contribution in [2.24, 2.45) is 0 Å². The van der Waals surface area contributed by atoms with Gasteiger partial charge in [-0.05, 0) is 72.1 Å². The zero-order chi connectivity index (χ0) is 29.7. The molecule has 0 bridgehead atoms. The van der Waals surface area contributed by atoms with E-state index in [0.29, 0.717) is 0 Å². The van der Waals surface area contributed by atoms with Crippen molar-refractivity contribution < 1.29 is 0 Å². The molecule has 0 radical (unpaired) electrons. The fraction of sp³-hybridized carbons (Fsp3) is 0. The van der Waals surface area contributed by atoms with Crippen LogP contribution < -0.4 is 4.90 Å². The minimum atomic E-state index is 1.11. The maximum Gasteiger partial charge on any atom is 0.0804 e. The summed E-state index contributed by atoms with van der Waals surface area (Å²) in [6.45, 7) is 0. The molecule has 9 aromatic rings. The highest BCUT2D eigenvalue weighted by Crippen LogP contribution is 2.44. The molecule has 212 valence electrons.